The van der Waals surface area contributed by atoms with Gasteiger partial charge in [-0.2, -0.15) is 0 Å². The Balaban J connectivity index is 1.89. The smallest absolute Gasteiger partial charge is 0.258 e. The summed E-state index contributed by atoms with van der Waals surface area (Å²) in [5.74, 6) is 0. The molecule has 0 N–H and O–H groups in total. The Morgan fingerprint density at radius 2 is 1.15 bits per heavy atom. The molecule has 2 aromatic carbocycles. The van der Waals surface area contributed by atoms with Crippen LogP contribution in [0.2, 0.25) is 0 Å². The lowest BCUT2D eigenvalue weighted by Gasteiger charge is -2.08. The molecule has 27 heavy (non-hydrogen) atoms. The molecule has 2 aromatic heterocycles. The molecule has 4 rings (SSSR count). The maximum absolute atomic E-state index is 11.2. The third-order valence-electron chi connectivity index (χ3n) is 4.03. The Morgan fingerprint density at radius 1 is 0.704 bits per heavy atom. The van der Waals surface area contributed by atoms with E-state index in [0.29, 0.717) is 21.8 Å². The van der Waals surface area contributed by atoms with Gasteiger partial charge in [0.25, 0.3) is 11.4 Å². The van der Waals surface area contributed by atoms with Crippen LogP contribution >= 0.6 is 11.8 Å². The highest BCUT2D eigenvalue weighted by Crippen LogP contribution is 2.39. The number of benzene rings is 2. The molecule has 0 aliphatic heterocycles. The van der Waals surface area contributed by atoms with Crippen molar-refractivity contribution in [1.82, 2.24) is 9.97 Å². The Bertz CT molecular complexity index is 1130. The maximum atomic E-state index is 11.2. The molecule has 8 nitrogen and oxygen atoms in total. The number of para-hydroxylation sites is 2. The number of aromatic nitrogens is 2. The topological polar surface area (TPSA) is 112 Å². The minimum atomic E-state index is -0.463. The fraction of sp³-hybridized carbons (Fsp3) is 0. The minimum absolute atomic E-state index is 0.0647. The number of rotatable bonds is 4. The van der Waals surface area contributed by atoms with E-state index in [2.05, 4.69) is 9.97 Å². The fourth-order valence-electron chi connectivity index (χ4n) is 2.86. The van der Waals surface area contributed by atoms with Gasteiger partial charge in [0.2, 0.25) is 0 Å². The molecule has 0 saturated heterocycles. The summed E-state index contributed by atoms with van der Waals surface area (Å²) in [5, 5.41) is 23.8. The molecule has 0 radical (unpaired) electrons. The van der Waals surface area contributed by atoms with Crippen LogP contribution in [0.3, 0.4) is 0 Å². The standard InChI is InChI=1S/C18H10N4O4S/c23-21(24)13-5-1-3-11-15(7-9-19-17(11)13)27-16-8-10-20-18-12(16)4-2-6-14(18)22(25)26/h1-10H. The van der Waals surface area contributed by atoms with E-state index >= 15 is 0 Å². The van der Waals surface area contributed by atoms with Gasteiger partial charge in [-0.05, 0) is 12.1 Å². The SMILES string of the molecule is O=[N+]([O-])c1cccc2c(Sc3ccnc4c([N+](=O)[O-])cccc34)ccnc12. The van der Waals surface area contributed by atoms with E-state index in [1.807, 2.05) is 0 Å². The molecule has 9 heteroatoms. The number of hydrogen-bond donors (Lipinski definition) is 0. The van der Waals surface area contributed by atoms with E-state index in [9.17, 15) is 20.2 Å². The summed E-state index contributed by atoms with van der Waals surface area (Å²) >= 11 is 1.36. The highest BCUT2D eigenvalue weighted by molar-refractivity contribution is 7.99. The van der Waals surface area contributed by atoms with Crippen molar-refractivity contribution < 1.29 is 9.85 Å². The summed E-state index contributed by atoms with van der Waals surface area (Å²) in [6.07, 6.45) is 3.03. The van der Waals surface area contributed by atoms with Crippen molar-refractivity contribution in [3.05, 3.63) is 81.2 Å². The molecule has 0 spiro atoms. The van der Waals surface area contributed by atoms with Gasteiger partial charge >= 0.3 is 0 Å². The lowest BCUT2D eigenvalue weighted by molar-refractivity contribution is -0.383. The van der Waals surface area contributed by atoms with Gasteiger partial charge in [0, 0.05) is 45.1 Å². The number of fused-ring (bicyclic) bond motifs is 2. The maximum Gasteiger partial charge on any atom is 0.295 e. The number of non-ortho nitro benzene ring substituents is 2. The van der Waals surface area contributed by atoms with Gasteiger partial charge in [0.1, 0.15) is 11.0 Å². The van der Waals surface area contributed by atoms with Gasteiger partial charge in [-0.3, -0.25) is 20.2 Å². The van der Waals surface area contributed by atoms with Gasteiger partial charge in [-0.25, -0.2) is 9.97 Å². The number of nitro benzene ring substituents is 2. The first-order chi connectivity index (χ1) is 13.1. The normalized spacial score (nSPS) is 11.0. The van der Waals surface area contributed by atoms with Crippen molar-refractivity contribution in [3.8, 4) is 0 Å². The van der Waals surface area contributed by atoms with Crippen LogP contribution in [-0.2, 0) is 0 Å². The van der Waals surface area contributed by atoms with Crippen LogP contribution in [0.5, 0.6) is 0 Å². The predicted molar refractivity (Wildman–Crippen MR) is 101 cm³/mol. The summed E-state index contributed by atoms with van der Waals surface area (Å²) in [6.45, 7) is 0. The van der Waals surface area contributed by atoms with Gasteiger partial charge < -0.3 is 0 Å². The van der Waals surface area contributed by atoms with Crippen LogP contribution in [0.4, 0.5) is 11.4 Å². The molecule has 0 aliphatic carbocycles. The fourth-order valence-corrected chi connectivity index (χ4v) is 3.91. The van der Waals surface area contributed by atoms with Crippen molar-refractivity contribution in [2.75, 3.05) is 0 Å². The lowest BCUT2D eigenvalue weighted by Crippen LogP contribution is -1.93. The molecule has 0 bridgehead atoms. The molecular weight excluding hydrogens is 368 g/mol. The zero-order valence-corrected chi connectivity index (χ0v) is 14.4. The first kappa shape index (κ1) is 16.9. The first-order valence-corrected chi connectivity index (χ1v) is 8.60. The van der Waals surface area contributed by atoms with E-state index in [-0.39, 0.29) is 11.4 Å². The molecule has 2 heterocycles. The third-order valence-corrected chi connectivity index (χ3v) is 5.18. The zero-order valence-electron chi connectivity index (χ0n) is 13.6. The number of nitro groups is 2. The second kappa shape index (κ2) is 6.61. The van der Waals surface area contributed by atoms with Crippen LogP contribution in [-0.4, -0.2) is 19.8 Å². The Morgan fingerprint density at radius 3 is 1.56 bits per heavy atom. The average molecular weight is 378 g/mol. The highest BCUT2D eigenvalue weighted by atomic mass is 32.2. The monoisotopic (exact) mass is 378 g/mol. The third kappa shape index (κ3) is 2.93. The summed E-state index contributed by atoms with van der Waals surface area (Å²) in [5.41, 5.74) is 0.476. The van der Waals surface area contributed by atoms with E-state index in [1.54, 1.807) is 36.4 Å². The van der Waals surface area contributed by atoms with Crippen molar-refractivity contribution in [2.45, 2.75) is 9.79 Å². The second-order valence-electron chi connectivity index (χ2n) is 5.58. The molecule has 0 atom stereocenters. The van der Waals surface area contributed by atoms with Gasteiger partial charge in [-0.15, -0.1) is 0 Å². The van der Waals surface area contributed by atoms with Gasteiger partial charge in [0.15, 0.2) is 0 Å². The van der Waals surface area contributed by atoms with Crippen molar-refractivity contribution in [3.63, 3.8) is 0 Å². The second-order valence-corrected chi connectivity index (χ2v) is 6.66. The Kier molecular flexibility index (Phi) is 4.13. The highest BCUT2D eigenvalue weighted by Gasteiger charge is 2.17. The van der Waals surface area contributed by atoms with Crippen LogP contribution in [0, 0.1) is 20.2 Å². The van der Waals surface area contributed by atoms with Gasteiger partial charge in [-0.1, -0.05) is 36.0 Å². The molecule has 4 aromatic rings. The molecule has 0 saturated carbocycles. The summed E-state index contributed by atoms with van der Waals surface area (Å²) in [7, 11) is 0. The number of nitrogens with zero attached hydrogens (tertiary/aromatic N) is 4. The van der Waals surface area contributed by atoms with Crippen LogP contribution in [0.25, 0.3) is 21.8 Å². The first-order valence-electron chi connectivity index (χ1n) is 7.78. The molecular formula is C18H10N4O4S. The summed E-state index contributed by atoms with van der Waals surface area (Å²) < 4.78 is 0. The quantitative estimate of drug-likeness (QED) is 0.372. The predicted octanol–water partition coefficient (Wildman–Crippen LogP) is 4.75. The van der Waals surface area contributed by atoms with E-state index in [4.69, 9.17) is 0 Å². The number of pyridine rings is 2. The zero-order chi connectivity index (χ0) is 19.0. The van der Waals surface area contributed by atoms with Gasteiger partial charge in [0.05, 0.1) is 9.85 Å². The molecule has 0 aliphatic rings. The van der Waals surface area contributed by atoms with E-state index in [1.165, 1.54) is 36.3 Å². The van der Waals surface area contributed by atoms with Crippen molar-refractivity contribution >= 4 is 44.9 Å². The molecule has 132 valence electrons. The van der Waals surface area contributed by atoms with Crippen molar-refractivity contribution in [1.29, 1.82) is 0 Å². The lowest BCUT2D eigenvalue weighted by atomic mass is 10.2. The van der Waals surface area contributed by atoms with E-state index < -0.39 is 9.85 Å². The summed E-state index contributed by atoms with van der Waals surface area (Å²) in [4.78, 5) is 31.4. The summed E-state index contributed by atoms with van der Waals surface area (Å²) in [6, 6.07) is 13.1. The van der Waals surface area contributed by atoms with Crippen LogP contribution in [0.1, 0.15) is 0 Å². The Hall–Kier alpha value is -3.59. The Labute approximate surface area is 156 Å². The van der Waals surface area contributed by atoms with Crippen LogP contribution in [0.15, 0.2) is 70.7 Å². The molecule has 0 unspecified atom stereocenters. The largest absolute Gasteiger partial charge is 0.295 e. The molecule has 0 fully saturated rings. The van der Waals surface area contributed by atoms with Crippen LogP contribution < -0.4 is 0 Å². The molecule has 0 amide bonds. The average Bonchev–Trinajstić information content (AvgIpc) is 2.67. The van der Waals surface area contributed by atoms with E-state index in [0.717, 1.165) is 9.79 Å². The number of hydrogen-bond acceptors (Lipinski definition) is 7. The minimum Gasteiger partial charge on any atom is -0.258 e. The van der Waals surface area contributed by atoms with Crippen molar-refractivity contribution in [2.24, 2.45) is 0 Å².